The summed E-state index contributed by atoms with van der Waals surface area (Å²) < 4.78 is 42.0. The quantitative estimate of drug-likeness (QED) is 0.473. The minimum atomic E-state index is -4.33. The summed E-state index contributed by atoms with van der Waals surface area (Å²) >= 11 is 0. The number of rotatable bonds is 6. The maximum absolute atomic E-state index is 12.5. The number of aliphatic hydroxyl groups is 2. The van der Waals surface area contributed by atoms with Crippen molar-refractivity contribution in [3.05, 3.63) is 35.4 Å². The highest BCUT2D eigenvalue weighted by molar-refractivity contribution is 5.98. The summed E-state index contributed by atoms with van der Waals surface area (Å²) in [6, 6.07) is 5.16. The van der Waals surface area contributed by atoms with Crippen LogP contribution in [0.3, 0.4) is 0 Å². The molecule has 0 aliphatic rings. The maximum atomic E-state index is 12.5. The van der Waals surface area contributed by atoms with Gasteiger partial charge in [-0.25, -0.2) is 0 Å². The number of halogens is 3. The molecule has 0 fully saturated rings. The molecule has 0 aromatic heterocycles. The Bertz CT molecular complexity index is 407. The van der Waals surface area contributed by atoms with Crippen molar-refractivity contribution >= 4 is 10.5 Å². The van der Waals surface area contributed by atoms with E-state index in [0.717, 1.165) is 12.1 Å². The van der Waals surface area contributed by atoms with E-state index in [0.29, 0.717) is 24.8 Å². The number of benzene rings is 1. The molecule has 0 radical (unpaired) electrons. The maximum Gasteiger partial charge on any atom is 0.416 e. The van der Waals surface area contributed by atoms with Gasteiger partial charge in [-0.3, -0.25) is 0 Å². The van der Waals surface area contributed by atoms with E-state index in [1.165, 1.54) is 6.07 Å². The zero-order chi connectivity index (χ0) is 14.5. The monoisotopic (exact) mass is 294 g/mol. The molecule has 0 bridgehead atoms. The Kier molecular flexibility index (Phi) is 5.54. The average molecular weight is 294 g/mol. The first-order valence-electron chi connectivity index (χ1n) is 5.91. The highest BCUT2D eigenvalue weighted by atomic mass is 28.2. The van der Waals surface area contributed by atoms with Crippen LogP contribution >= 0.6 is 0 Å². The normalized spacial score (nSPS) is 12.9. The van der Waals surface area contributed by atoms with Gasteiger partial charge in [0.15, 0.2) is 10.5 Å². The Morgan fingerprint density at radius 2 is 1.84 bits per heavy atom. The molecular weight excluding hydrogens is 277 g/mol. The molecule has 0 unspecified atom stereocenters. The summed E-state index contributed by atoms with van der Waals surface area (Å²) in [6.07, 6.45) is -2.79. The van der Waals surface area contributed by atoms with Crippen molar-refractivity contribution in [2.75, 3.05) is 0 Å². The van der Waals surface area contributed by atoms with Crippen LogP contribution in [-0.4, -0.2) is 26.7 Å². The molecule has 0 amide bonds. The van der Waals surface area contributed by atoms with Crippen molar-refractivity contribution in [2.45, 2.75) is 37.8 Å². The van der Waals surface area contributed by atoms with E-state index in [1.54, 1.807) is 6.07 Å². The highest BCUT2D eigenvalue weighted by Crippen LogP contribution is 2.29. The molecule has 0 aliphatic heterocycles. The second kappa shape index (κ2) is 6.51. The molecule has 2 N–H and O–H groups in total. The van der Waals surface area contributed by atoms with Crippen LogP contribution in [-0.2, 0) is 17.0 Å². The molecule has 0 atom stereocenters. The first kappa shape index (κ1) is 16.2. The molecule has 0 aliphatic carbocycles. The van der Waals surface area contributed by atoms with Gasteiger partial charge in [-0.15, -0.1) is 0 Å². The van der Waals surface area contributed by atoms with Gasteiger partial charge in [-0.1, -0.05) is 18.2 Å². The fourth-order valence-corrected chi connectivity index (χ4v) is 1.89. The first-order valence-corrected chi connectivity index (χ1v) is 6.72. The van der Waals surface area contributed by atoms with Crippen molar-refractivity contribution < 1.29 is 27.8 Å². The van der Waals surface area contributed by atoms with Gasteiger partial charge in [0.05, 0.1) is 5.56 Å². The van der Waals surface area contributed by atoms with Crippen molar-refractivity contribution in [2.24, 2.45) is 0 Å². The molecule has 0 spiro atoms. The van der Waals surface area contributed by atoms with Crippen LogP contribution in [0.4, 0.5) is 13.2 Å². The minimum absolute atomic E-state index is 0.0511. The lowest BCUT2D eigenvalue weighted by atomic mass is 10.0. The number of hydrogen-bond donors (Lipinski definition) is 2. The standard InChI is InChI=1S/C12H17F3O3Si/c13-12(14,15)10-6-3-5-9(8-10)4-1-2-7-11(16,17)18-19/h3,5-6,8,16-17H,1-2,4,7H2,19H3. The van der Waals surface area contributed by atoms with E-state index in [-0.39, 0.29) is 16.9 Å². The van der Waals surface area contributed by atoms with Crippen LogP contribution in [0.1, 0.15) is 30.4 Å². The molecule has 19 heavy (non-hydrogen) atoms. The Morgan fingerprint density at radius 3 is 2.42 bits per heavy atom. The smallest absolute Gasteiger partial charge is 0.381 e. The zero-order valence-electron chi connectivity index (χ0n) is 10.6. The number of aryl methyl sites for hydroxylation is 1. The third kappa shape index (κ3) is 5.73. The lowest BCUT2D eigenvalue weighted by molar-refractivity contribution is -0.295. The average Bonchev–Trinajstić information content (AvgIpc) is 2.34. The molecule has 0 heterocycles. The Balaban J connectivity index is 2.46. The molecule has 108 valence electrons. The predicted molar refractivity (Wildman–Crippen MR) is 67.2 cm³/mol. The summed E-state index contributed by atoms with van der Waals surface area (Å²) in [5.41, 5.74) is -0.0744. The summed E-state index contributed by atoms with van der Waals surface area (Å²) in [4.78, 5) is 0. The van der Waals surface area contributed by atoms with Crippen LogP contribution in [0.15, 0.2) is 24.3 Å². The van der Waals surface area contributed by atoms with Crippen molar-refractivity contribution in [3.63, 3.8) is 0 Å². The Hall–Kier alpha value is -0.893. The van der Waals surface area contributed by atoms with Gasteiger partial charge >= 0.3 is 6.18 Å². The third-order valence-corrected chi connectivity index (χ3v) is 3.45. The van der Waals surface area contributed by atoms with Crippen LogP contribution in [0.2, 0.25) is 0 Å². The Morgan fingerprint density at radius 1 is 1.16 bits per heavy atom. The molecule has 1 rings (SSSR count). The summed E-state index contributed by atoms with van der Waals surface area (Å²) in [6.45, 7) is 0. The molecular formula is C12H17F3O3Si. The van der Waals surface area contributed by atoms with Crippen LogP contribution in [0.25, 0.3) is 0 Å². The Labute approximate surface area is 112 Å². The van der Waals surface area contributed by atoms with E-state index in [1.807, 2.05) is 0 Å². The molecule has 3 nitrogen and oxygen atoms in total. The minimum Gasteiger partial charge on any atom is -0.381 e. The summed E-state index contributed by atoms with van der Waals surface area (Å²) in [7, 11) is 0.210. The fraction of sp³-hybridized carbons (Fsp3) is 0.500. The van der Waals surface area contributed by atoms with Crippen LogP contribution in [0.5, 0.6) is 0 Å². The van der Waals surface area contributed by atoms with Crippen molar-refractivity contribution in [1.29, 1.82) is 0 Å². The van der Waals surface area contributed by atoms with Gasteiger partial charge in [0.2, 0.25) is 0 Å². The third-order valence-electron chi connectivity index (χ3n) is 2.80. The predicted octanol–water partition coefficient (Wildman–Crippen LogP) is 1.35. The van der Waals surface area contributed by atoms with Gasteiger partial charge in [-0.2, -0.15) is 13.2 Å². The van der Waals surface area contributed by atoms with E-state index in [2.05, 4.69) is 4.43 Å². The highest BCUT2D eigenvalue weighted by Gasteiger charge is 2.30. The van der Waals surface area contributed by atoms with E-state index in [4.69, 9.17) is 0 Å². The SMILES string of the molecule is OC(O)(CCCCc1cccc(C(F)(F)F)c1)O[SiH3]. The molecule has 0 saturated heterocycles. The summed E-state index contributed by atoms with van der Waals surface area (Å²) in [5.74, 6) is -2.10. The number of unbranched alkanes of at least 4 members (excludes halogenated alkanes) is 1. The topological polar surface area (TPSA) is 49.7 Å². The lowest BCUT2D eigenvalue weighted by Crippen LogP contribution is -2.30. The van der Waals surface area contributed by atoms with E-state index < -0.39 is 17.7 Å². The second-order valence-corrected chi connectivity index (χ2v) is 4.76. The first-order chi connectivity index (χ1) is 8.74. The van der Waals surface area contributed by atoms with Gasteiger partial charge in [-0.05, 0) is 30.9 Å². The van der Waals surface area contributed by atoms with E-state index >= 15 is 0 Å². The molecule has 1 aromatic rings. The fourth-order valence-electron chi connectivity index (χ4n) is 1.69. The number of hydrogen-bond acceptors (Lipinski definition) is 3. The number of alkyl halides is 3. The largest absolute Gasteiger partial charge is 0.416 e. The second-order valence-electron chi connectivity index (χ2n) is 4.35. The van der Waals surface area contributed by atoms with Crippen LogP contribution < -0.4 is 0 Å². The molecule has 1 aromatic carbocycles. The van der Waals surface area contributed by atoms with Crippen molar-refractivity contribution in [3.8, 4) is 0 Å². The van der Waals surface area contributed by atoms with Gasteiger partial charge in [0, 0.05) is 6.42 Å². The zero-order valence-corrected chi connectivity index (χ0v) is 12.6. The van der Waals surface area contributed by atoms with E-state index in [9.17, 15) is 23.4 Å². The van der Waals surface area contributed by atoms with Crippen LogP contribution in [0, 0.1) is 0 Å². The van der Waals surface area contributed by atoms with Gasteiger partial charge in [0.1, 0.15) is 0 Å². The van der Waals surface area contributed by atoms with Gasteiger partial charge in [0.25, 0.3) is 5.97 Å². The molecule has 0 saturated carbocycles. The molecule has 7 heteroatoms. The summed E-state index contributed by atoms with van der Waals surface area (Å²) in [5, 5.41) is 18.4. The van der Waals surface area contributed by atoms with Gasteiger partial charge < -0.3 is 14.6 Å². The van der Waals surface area contributed by atoms with Crippen molar-refractivity contribution in [1.82, 2.24) is 0 Å². The lowest BCUT2D eigenvalue weighted by Gasteiger charge is -2.19.